The van der Waals surface area contributed by atoms with Crippen LogP contribution in [0.25, 0.3) is 69.6 Å². The highest BCUT2D eigenvalue weighted by Crippen LogP contribution is 2.63. The second kappa shape index (κ2) is 9.50. The molecule has 10 aromatic rings. The number of nitrogens with zero attached hydrogens (tertiary/aromatic N) is 1. The minimum absolute atomic E-state index is 0.525. The molecule has 50 heavy (non-hydrogen) atoms. The van der Waals surface area contributed by atoms with E-state index in [1.165, 1.54) is 80.6 Å². The minimum atomic E-state index is -0.525. The van der Waals surface area contributed by atoms with Gasteiger partial charge in [0.1, 0.15) is 5.75 Å². The van der Waals surface area contributed by atoms with Gasteiger partial charge in [0.25, 0.3) is 0 Å². The molecule has 12 rings (SSSR count). The van der Waals surface area contributed by atoms with Crippen molar-refractivity contribution in [3.63, 3.8) is 0 Å². The molecule has 8 aromatic carbocycles. The third-order valence-corrected chi connectivity index (χ3v) is 12.4. The molecule has 232 valence electrons. The van der Waals surface area contributed by atoms with Crippen molar-refractivity contribution in [2.24, 2.45) is 0 Å². The lowest BCUT2D eigenvalue weighted by Crippen LogP contribution is -2.32. The van der Waals surface area contributed by atoms with Gasteiger partial charge < -0.3 is 9.30 Å². The zero-order valence-electron chi connectivity index (χ0n) is 26.9. The maximum atomic E-state index is 7.24. The molecule has 0 radical (unpaired) electrons. The van der Waals surface area contributed by atoms with Gasteiger partial charge in [-0.1, -0.05) is 133 Å². The fourth-order valence-corrected chi connectivity index (χ4v) is 10.4. The van der Waals surface area contributed by atoms with E-state index in [9.17, 15) is 0 Å². The Morgan fingerprint density at radius 1 is 0.440 bits per heavy atom. The molecule has 1 spiro atoms. The molecule has 0 fully saturated rings. The number of hydrogen-bond acceptors (Lipinski definition) is 2. The van der Waals surface area contributed by atoms with Crippen molar-refractivity contribution in [1.29, 1.82) is 0 Å². The predicted octanol–water partition coefficient (Wildman–Crippen LogP) is 12.8. The van der Waals surface area contributed by atoms with E-state index < -0.39 is 5.41 Å². The molecular formula is C47H27NOS. The maximum absolute atomic E-state index is 7.24. The summed E-state index contributed by atoms with van der Waals surface area (Å²) in [5, 5.41) is 7.44. The quantitative estimate of drug-likeness (QED) is 0.172. The van der Waals surface area contributed by atoms with Crippen molar-refractivity contribution < 1.29 is 4.74 Å². The van der Waals surface area contributed by atoms with Gasteiger partial charge in [0.05, 0.1) is 16.4 Å². The van der Waals surface area contributed by atoms with Crippen molar-refractivity contribution in [2.45, 2.75) is 5.41 Å². The minimum Gasteiger partial charge on any atom is -0.454 e. The smallest absolute Gasteiger partial charge is 0.156 e. The molecule has 3 heteroatoms. The van der Waals surface area contributed by atoms with Crippen LogP contribution in [0.5, 0.6) is 11.5 Å². The van der Waals surface area contributed by atoms with Crippen LogP contribution in [-0.4, -0.2) is 4.57 Å². The second-order valence-electron chi connectivity index (χ2n) is 13.6. The number of hydrogen-bond donors (Lipinski definition) is 0. The number of para-hydroxylation sites is 1. The Hall–Kier alpha value is -6.16. The highest BCUT2D eigenvalue weighted by molar-refractivity contribution is 7.25. The summed E-state index contributed by atoms with van der Waals surface area (Å²) in [7, 11) is 0. The maximum Gasteiger partial charge on any atom is 0.156 e. The fourth-order valence-electron chi connectivity index (χ4n) is 9.28. The lowest BCUT2D eigenvalue weighted by atomic mass is 9.66. The Morgan fingerprint density at radius 2 is 1.08 bits per heavy atom. The first-order valence-electron chi connectivity index (χ1n) is 17.2. The number of fused-ring (bicyclic) bond motifs is 18. The molecule has 1 aliphatic carbocycles. The molecule has 0 saturated carbocycles. The van der Waals surface area contributed by atoms with E-state index in [2.05, 4.69) is 168 Å². The van der Waals surface area contributed by atoms with E-state index in [0.717, 1.165) is 22.7 Å². The summed E-state index contributed by atoms with van der Waals surface area (Å²) in [6, 6.07) is 60.3. The van der Waals surface area contributed by atoms with Crippen LogP contribution in [0.15, 0.2) is 164 Å². The molecule has 2 aromatic heterocycles. The summed E-state index contributed by atoms with van der Waals surface area (Å²) in [6.07, 6.45) is 0. The molecule has 2 aliphatic rings. The number of benzene rings is 8. The summed E-state index contributed by atoms with van der Waals surface area (Å²) in [5.74, 6) is 1.82. The highest BCUT2D eigenvalue weighted by atomic mass is 32.1. The second-order valence-corrected chi connectivity index (χ2v) is 14.7. The van der Waals surface area contributed by atoms with Crippen LogP contribution in [0.3, 0.4) is 0 Å². The molecule has 0 unspecified atom stereocenters. The number of ether oxygens (including phenoxy) is 1. The first-order chi connectivity index (χ1) is 24.8. The highest BCUT2D eigenvalue weighted by Gasteiger charge is 2.51. The van der Waals surface area contributed by atoms with Crippen LogP contribution in [-0.2, 0) is 5.41 Å². The van der Waals surface area contributed by atoms with Crippen LogP contribution >= 0.6 is 11.3 Å². The SMILES string of the molecule is c1ccc2c(c1)Oc1c(ccc3c4ccc5ccccc5c4n(-c4ccc5sc6ccccc6c5c4)c13)C21c2ccccc2-c2ccccc21. The summed E-state index contributed by atoms with van der Waals surface area (Å²) in [5.41, 5.74) is 10.4. The molecule has 3 heterocycles. The monoisotopic (exact) mass is 653 g/mol. The summed E-state index contributed by atoms with van der Waals surface area (Å²) >= 11 is 1.86. The first kappa shape index (κ1) is 26.8. The third-order valence-electron chi connectivity index (χ3n) is 11.2. The Kier molecular flexibility index (Phi) is 5.08. The normalized spacial score (nSPS) is 13.9. The van der Waals surface area contributed by atoms with E-state index in [1.54, 1.807) is 0 Å². The standard InChI is InChI=1S/C47H27NOS/c1-2-12-30-28(11-1)21-23-34-35-24-25-40-46(45(35)48(44(30)34)29-22-26-43-36(27-29)33-15-5-10-20-42(33)50-43)49-41-19-9-8-18-39(41)47(40)37-16-6-3-13-31(37)32-14-4-7-17-38(32)47/h1-27H. The van der Waals surface area contributed by atoms with Crippen molar-refractivity contribution in [3.8, 4) is 28.3 Å². The van der Waals surface area contributed by atoms with E-state index >= 15 is 0 Å². The van der Waals surface area contributed by atoms with Crippen LogP contribution in [0, 0.1) is 0 Å². The van der Waals surface area contributed by atoms with E-state index in [4.69, 9.17) is 4.74 Å². The molecular weight excluding hydrogens is 627 g/mol. The van der Waals surface area contributed by atoms with Crippen molar-refractivity contribution in [2.75, 3.05) is 0 Å². The molecule has 0 N–H and O–H groups in total. The van der Waals surface area contributed by atoms with Gasteiger partial charge in [-0.15, -0.1) is 11.3 Å². The zero-order valence-corrected chi connectivity index (χ0v) is 27.7. The zero-order chi connectivity index (χ0) is 32.6. The summed E-state index contributed by atoms with van der Waals surface area (Å²) < 4.78 is 12.3. The number of rotatable bonds is 1. The predicted molar refractivity (Wildman–Crippen MR) is 209 cm³/mol. The van der Waals surface area contributed by atoms with Gasteiger partial charge in [-0.05, 0) is 58.0 Å². The molecule has 0 bridgehead atoms. The van der Waals surface area contributed by atoms with Crippen LogP contribution < -0.4 is 4.74 Å². The largest absolute Gasteiger partial charge is 0.454 e. The van der Waals surface area contributed by atoms with Crippen molar-refractivity contribution >= 4 is 64.1 Å². The fraction of sp³-hybridized carbons (Fsp3) is 0.0213. The Morgan fingerprint density at radius 3 is 1.92 bits per heavy atom. The first-order valence-corrected chi connectivity index (χ1v) is 18.0. The number of aromatic nitrogens is 1. The Balaban J connectivity index is 1.29. The Labute approximate surface area is 292 Å². The molecule has 1 aliphatic heterocycles. The average Bonchev–Trinajstić information content (AvgIpc) is 3.82. The van der Waals surface area contributed by atoms with E-state index in [1.807, 2.05) is 11.3 Å². The van der Waals surface area contributed by atoms with Gasteiger partial charge >= 0.3 is 0 Å². The van der Waals surface area contributed by atoms with Gasteiger partial charge in [0.15, 0.2) is 5.75 Å². The van der Waals surface area contributed by atoms with Gasteiger partial charge in [-0.2, -0.15) is 0 Å². The molecule has 0 atom stereocenters. The van der Waals surface area contributed by atoms with Gasteiger partial charge in [0, 0.05) is 53.1 Å². The molecule has 0 saturated heterocycles. The summed E-state index contributed by atoms with van der Waals surface area (Å²) in [6.45, 7) is 0. The van der Waals surface area contributed by atoms with Gasteiger partial charge in [-0.3, -0.25) is 0 Å². The lowest BCUT2D eigenvalue weighted by Gasteiger charge is -2.39. The summed E-state index contributed by atoms with van der Waals surface area (Å²) in [4.78, 5) is 0. The van der Waals surface area contributed by atoms with Crippen LogP contribution in [0.2, 0.25) is 0 Å². The van der Waals surface area contributed by atoms with Crippen molar-refractivity contribution in [3.05, 3.63) is 186 Å². The number of thiophene rings is 1. The Bertz CT molecular complexity index is 3040. The van der Waals surface area contributed by atoms with Gasteiger partial charge in [0.2, 0.25) is 0 Å². The topological polar surface area (TPSA) is 14.2 Å². The molecule has 2 nitrogen and oxygen atoms in total. The van der Waals surface area contributed by atoms with Crippen molar-refractivity contribution in [1.82, 2.24) is 4.57 Å². The van der Waals surface area contributed by atoms with E-state index in [-0.39, 0.29) is 0 Å². The van der Waals surface area contributed by atoms with Crippen LogP contribution in [0.1, 0.15) is 22.3 Å². The van der Waals surface area contributed by atoms with Gasteiger partial charge in [-0.25, -0.2) is 0 Å². The third kappa shape index (κ3) is 3.19. The average molecular weight is 654 g/mol. The lowest BCUT2D eigenvalue weighted by molar-refractivity contribution is 0.440. The van der Waals surface area contributed by atoms with Crippen LogP contribution in [0.4, 0.5) is 0 Å². The molecule has 0 amide bonds. The van der Waals surface area contributed by atoms with E-state index in [0.29, 0.717) is 0 Å².